The van der Waals surface area contributed by atoms with Crippen LogP contribution in [-0.2, 0) is 18.2 Å². The maximum absolute atomic E-state index is 5.93. The van der Waals surface area contributed by atoms with Crippen LogP contribution in [0.2, 0.25) is 5.02 Å². The zero-order valence-electron chi connectivity index (χ0n) is 15.8. The minimum atomic E-state index is 0. The summed E-state index contributed by atoms with van der Waals surface area (Å²) in [6, 6.07) is 8.04. The lowest BCUT2D eigenvalue weighted by Crippen LogP contribution is -2.48. The average Bonchev–Trinajstić information content (AvgIpc) is 3.10. The predicted molar refractivity (Wildman–Crippen MR) is 120 cm³/mol. The summed E-state index contributed by atoms with van der Waals surface area (Å²) >= 11 is 5.93. The van der Waals surface area contributed by atoms with Gasteiger partial charge >= 0.3 is 0 Å². The van der Waals surface area contributed by atoms with E-state index in [1.165, 1.54) is 5.56 Å². The Hall–Kier alpha value is -1.32. The molecule has 2 aromatic rings. The lowest BCUT2D eigenvalue weighted by molar-refractivity contribution is -0.00801. The van der Waals surface area contributed by atoms with Crippen LogP contribution in [0.4, 0.5) is 0 Å². The van der Waals surface area contributed by atoms with Gasteiger partial charge in [-0.05, 0) is 30.5 Å². The monoisotopic (exact) mass is 503 g/mol. The number of morpholine rings is 1. The molecule has 6 nitrogen and oxygen atoms in total. The van der Waals surface area contributed by atoms with Gasteiger partial charge in [0.15, 0.2) is 5.96 Å². The van der Waals surface area contributed by atoms with Crippen molar-refractivity contribution in [2.24, 2.45) is 12.0 Å². The van der Waals surface area contributed by atoms with Crippen molar-refractivity contribution in [1.82, 2.24) is 20.0 Å². The van der Waals surface area contributed by atoms with Crippen molar-refractivity contribution in [3.05, 3.63) is 52.8 Å². The van der Waals surface area contributed by atoms with Gasteiger partial charge in [-0.1, -0.05) is 23.7 Å². The Bertz CT molecular complexity index is 734. The molecule has 0 aliphatic carbocycles. The van der Waals surface area contributed by atoms with E-state index in [4.69, 9.17) is 16.3 Å². The third kappa shape index (κ3) is 6.36. The minimum absolute atomic E-state index is 0. The normalized spacial score (nSPS) is 17.5. The van der Waals surface area contributed by atoms with E-state index >= 15 is 0 Å². The first kappa shape index (κ1) is 22.0. The van der Waals surface area contributed by atoms with E-state index in [0.717, 1.165) is 49.0 Å². The molecule has 1 atom stereocenters. The lowest BCUT2D eigenvalue weighted by Gasteiger charge is -2.34. The molecule has 1 aliphatic heterocycles. The van der Waals surface area contributed by atoms with Crippen LogP contribution in [0.15, 0.2) is 41.7 Å². The molecule has 1 N–H and O–H groups in total. The molecule has 3 rings (SSSR count). The smallest absolute Gasteiger partial charge is 0.193 e. The maximum atomic E-state index is 5.93. The summed E-state index contributed by atoms with van der Waals surface area (Å²) in [5, 5.41) is 8.49. The van der Waals surface area contributed by atoms with Crippen LogP contribution in [0.1, 0.15) is 23.7 Å². The first-order valence-electron chi connectivity index (χ1n) is 8.96. The van der Waals surface area contributed by atoms with Crippen molar-refractivity contribution in [2.75, 3.05) is 33.3 Å². The summed E-state index contributed by atoms with van der Waals surface area (Å²) in [4.78, 5) is 6.69. The van der Waals surface area contributed by atoms with Crippen LogP contribution in [-0.4, -0.2) is 53.9 Å². The molecule has 0 bridgehead atoms. The molecule has 1 fully saturated rings. The molecule has 1 aromatic carbocycles. The average molecular weight is 504 g/mol. The quantitative estimate of drug-likeness (QED) is 0.295. The van der Waals surface area contributed by atoms with E-state index in [0.29, 0.717) is 6.61 Å². The van der Waals surface area contributed by atoms with Crippen LogP contribution >= 0.6 is 35.6 Å². The van der Waals surface area contributed by atoms with E-state index in [1.54, 1.807) is 0 Å². The molecule has 1 aromatic heterocycles. The third-order valence-electron chi connectivity index (χ3n) is 4.51. The van der Waals surface area contributed by atoms with Gasteiger partial charge in [-0.3, -0.25) is 9.67 Å². The van der Waals surface area contributed by atoms with Gasteiger partial charge in [0.1, 0.15) is 6.10 Å². The molecule has 0 amide bonds. The Morgan fingerprint density at radius 1 is 1.37 bits per heavy atom. The highest BCUT2D eigenvalue weighted by atomic mass is 127. The fourth-order valence-electron chi connectivity index (χ4n) is 3.13. The van der Waals surface area contributed by atoms with Gasteiger partial charge in [-0.2, -0.15) is 5.10 Å². The van der Waals surface area contributed by atoms with Gasteiger partial charge in [0.05, 0.1) is 19.3 Å². The SMILES string of the molecule is CN=C(NCCCc1ccc(Cl)cc1)N1CCOC(c2cnn(C)c2)C1.I. The van der Waals surface area contributed by atoms with Crippen LogP contribution in [0, 0.1) is 0 Å². The van der Waals surface area contributed by atoms with E-state index in [-0.39, 0.29) is 30.1 Å². The summed E-state index contributed by atoms with van der Waals surface area (Å²) in [5.41, 5.74) is 2.41. The van der Waals surface area contributed by atoms with Gasteiger partial charge in [-0.15, -0.1) is 24.0 Å². The van der Waals surface area contributed by atoms with Crippen molar-refractivity contribution < 1.29 is 4.74 Å². The second-order valence-electron chi connectivity index (χ2n) is 6.46. The number of hydrogen-bond donors (Lipinski definition) is 1. The highest BCUT2D eigenvalue weighted by Crippen LogP contribution is 2.21. The zero-order chi connectivity index (χ0) is 18.4. The number of rotatable bonds is 5. The summed E-state index contributed by atoms with van der Waals surface area (Å²) in [5.74, 6) is 0.929. The Morgan fingerprint density at radius 2 is 2.15 bits per heavy atom. The number of guanidine groups is 1. The Balaban J connectivity index is 0.00000261. The number of aromatic nitrogens is 2. The molecule has 2 heterocycles. The number of ether oxygens (including phenoxy) is 1. The van der Waals surface area contributed by atoms with Gasteiger partial charge in [-0.25, -0.2) is 0 Å². The summed E-state index contributed by atoms with van der Waals surface area (Å²) in [7, 11) is 3.75. The fourth-order valence-corrected chi connectivity index (χ4v) is 3.25. The van der Waals surface area contributed by atoms with Crippen LogP contribution in [0.25, 0.3) is 0 Å². The topological polar surface area (TPSA) is 54.7 Å². The fraction of sp³-hybridized carbons (Fsp3) is 0.474. The Morgan fingerprint density at radius 3 is 2.81 bits per heavy atom. The zero-order valence-corrected chi connectivity index (χ0v) is 18.9. The van der Waals surface area contributed by atoms with E-state index in [1.807, 2.05) is 43.3 Å². The third-order valence-corrected chi connectivity index (χ3v) is 4.76. The molecule has 1 unspecified atom stereocenters. The number of nitrogens with one attached hydrogen (secondary N) is 1. The molecule has 0 radical (unpaired) electrons. The highest BCUT2D eigenvalue weighted by Gasteiger charge is 2.24. The van der Waals surface area contributed by atoms with Crippen molar-refractivity contribution in [3.63, 3.8) is 0 Å². The number of aliphatic imine (C=N–C) groups is 1. The molecule has 8 heteroatoms. The molecular formula is C19H27ClIN5O. The van der Waals surface area contributed by atoms with Gasteiger partial charge in [0, 0.05) is 44.0 Å². The van der Waals surface area contributed by atoms with Crippen molar-refractivity contribution in [1.29, 1.82) is 0 Å². The Kier molecular flexibility index (Phi) is 8.85. The maximum Gasteiger partial charge on any atom is 0.193 e. The summed E-state index contributed by atoms with van der Waals surface area (Å²) in [6.07, 6.45) is 5.97. The van der Waals surface area contributed by atoms with Gasteiger partial charge in [0.25, 0.3) is 0 Å². The summed E-state index contributed by atoms with van der Waals surface area (Å²) < 4.78 is 7.71. The van der Waals surface area contributed by atoms with Gasteiger partial charge in [0.2, 0.25) is 0 Å². The Labute approximate surface area is 183 Å². The molecule has 0 spiro atoms. The molecular weight excluding hydrogens is 477 g/mol. The number of nitrogens with zero attached hydrogens (tertiary/aromatic N) is 4. The molecule has 27 heavy (non-hydrogen) atoms. The summed E-state index contributed by atoms with van der Waals surface area (Å²) in [6.45, 7) is 3.19. The second-order valence-corrected chi connectivity index (χ2v) is 6.89. The predicted octanol–water partition coefficient (Wildman–Crippen LogP) is 3.27. The van der Waals surface area contributed by atoms with Crippen LogP contribution < -0.4 is 5.32 Å². The van der Waals surface area contributed by atoms with Crippen LogP contribution in [0.5, 0.6) is 0 Å². The second kappa shape index (κ2) is 10.9. The number of halogens is 2. The van der Waals surface area contributed by atoms with E-state index < -0.39 is 0 Å². The molecule has 148 valence electrons. The number of aryl methyl sites for hydroxylation is 2. The number of hydrogen-bond acceptors (Lipinski definition) is 3. The first-order valence-corrected chi connectivity index (χ1v) is 9.33. The van der Waals surface area contributed by atoms with E-state index in [2.05, 4.69) is 32.4 Å². The molecule has 1 aliphatic rings. The minimum Gasteiger partial charge on any atom is -0.370 e. The van der Waals surface area contributed by atoms with Gasteiger partial charge < -0.3 is 15.0 Å². The standard InChI is InChI=1S/C19H26ClN5O.HI/c1-21-19(22-9-3-4-15-5-7-17(20)8-6-15)25-10-11-26-18(14-25)16-12-23-24(2)13-16;/h5-8,12-13,18H,3-4,9-11,14H2,1-2H3,(H,21,22);1H. The lowest BCUT2D eigenvalue weighted by atomic mass is 10.1. The van der Waals surface area contributed by atoms with Crippen molar-refractivity contribution in [3.8, 4) is 0 Å². The number of benzene rings is 1. The first-order chi connectivity index (χ1) is 12.7. The van der Waals surface area contributed by atoms with Crippen LogP contribution in [0.3, 0.4) is 0 Å². The highest BCUT2D eigenvalue weighted by molar-refractivity contribution is 14.0. The van der Waals surface area contributed by atoms with E-state index in [9.17, 15) is 0 Å². The van der Waals surface area contributed by atoms with Crippen molar-refractivity contribution >= 4 is 41.5 Å². The molecule has 0 saturated carbocycles. The molecule has 1 saturated heterocycles. The van der Waals surface area contributed by atoms with Crippen molar-refractivity contribution in [2.45, 2.75) is 18.9 Å². The largest absolute Gasteiger partial charge is 0.370 e.